The highest BCUT2D eigenvalue weighted by molar-refractivity contribution is 5.84. The number of carbonyl (C=O) groups is 1. The van der Waals surface area contributed by atoms with Crippen molar-refractivity contribution in [2.24, 2.45) is 5.73 Å². The molecule has 1 aromatic heterocycles. The molecule has 1 aromatic carbocycles. The van der Waals surface area contributed by atoms with E-state index in [0.29, 0.717) is 12.6 Å². The second-order valence-corrected chi connectivity index (χ2v) is 5.63. The molecule has 1 fully saturated rings. The summed E-state index contributed by atoms with van der Waals surface area (Å²) in [5.41, 5.74) is 6.84. The number of rotatable bonds is 4. The fraction of sp³-hybridized carbons (Fsp3) is 0.438. The molecule has 0 radical (unpaired) electrons. The van der Waals surface area contributed by atoms with Gasteiger partial charge in [-0.1, -0.05) is 30.3 Å². The van der Waals surface area contributed by atoms with Crippen LogP contribution in [0.5, 0.6) is 0 Å². The van der Waals surface area contributed by atoms with Crippen LogP contribution in [0.1, 0.15) is 30.4 Å². The van der Waals surface area contributed by atoms with Crippen molar-refractivity contribution in [3.8, 4) is 0 Å². The molecule has 1 aliphatic heterocycles. The van der Waals surface area contributed by atoms with Crippen LogP contribution >= 0.6 is 0 Å². The van der Waals surface area contributed by atoms with E-state index in [4.69, 9.17) is 5.73 Å². The Hall–Kier alpha value is -2.21. The van der Waals surface area contributed by atoms with Gasteiger partial charge in [-0.05, 0) is 18.4 Å². The maximum absolute atomic E-state index is 12.7. The van der Waals surface area contributed by atoms with E-state index < -0.39 is 0 Å². The fourth-order valence-corrected chi connectivity index (χ4v) is 3.04. The zero-order valence-corrected chi connectivity index (χ0v) is 12.5. The van der Waals surface area contributed by atoms with Gasteiger partial charge >= 0.3 is 0 Å². The number of benzene rings is 1. The van der Waals surface area contributed by atoms with Crippen LogP contribution in [0.3, 0.4) is 0 Å². The summed E-state index contributed by atoms with van der Waals surface area (Å²) in [7, 11) is 0. The number of piperidine rings is 1. The lowest BCUT2D eigenvalue weighted by Gasteiger charge is -2.34. The molecule has 0 unspecified atom stereocenters. The Bertz CT molecular complexity index is 590. The van der Waals surface area contributed by atoms with Gasteiger partial charge in [-0.15, -0.1) is 0 Å². The highest BCUT2D eigenvalue weighted by atomic mass is 16.2. The van der Waals surface area contributed by atoms with Gasteiger partial charge in [-0.2, -0.15) is 5.10 Å². The van der Waals surface area contributed by atoms with E-state index in [2.05, 4.69) is 10.1 Å². The van der Waals surface area contributed by atoms with E-state index in [1.54, 1.807) is 12.7 Å². The number of nitrogens with zero attached hydrogens (tertiary/aromatic N) is 4. The average Bonchev–Trinajstić information content (AvgIpc) is 3.11. The zero-order chi connectivity index (χ0) is 15.4. The molecule has 6 nitrogen and oxygen atoms in total. The van der Waals surface area contributed by atoms with Gasteiger partial charge in [0.1, 0.15) is 12.7 Å². The smallest absolute Gasteiger partial charge is 0.231 e. The van der Waals surface area contributed by atoms with Gasteiger partial charge in [-0.25, -0.2) is 9.67 Å². The molecule has 2 heterocycles. The quantitative estimate of drug-likeness (QED) is 0.920. The molecule has 116 valence electrons. The number of hydrogen-bond donors (Lipinski definition) is 1. The third kappa shape index (κ3) is 3.01. The van der Waals surface area contributed by atoms with E-state index in [1.807, 2.05) is 39.9 Å². The normalized spacial score (nSPS) is 17.4. The van der Waals surface area contributed by atoms with Crippen LogP contribution in [0.4, 0.5) is 0 Å². The number of hydrogen-bond acceptors (Lipinski definition) is 4. The number of carbonyl (C=O) groups excluding carboxylic acids is 1. The number of likely N-dealkylation sites (tertiary alicyclic amines) is 1. The van der Waals surface area contributed by atoms with E-state index >= 15 is 0 Å². The first kappa shape index (κ1) is 14.7. The van der Waals surface area contributed by atoms with Gasteiger partial charge in [0.15, 0.2) is 0 Å². The van der Waals surface area contributed by atoms with Crippen molar-refractivity contribution in [3.63, 3.8) is 0 Å². The highest BCUT2D eigenvalue weighted by Gasteiger charge is 2.29. The second-order valence-electron chi connectivity index (χ2n) is 5.63. The molecule has 0 spiro atoms. The van der Waals surface area contributed by atoms with Crippen molar-refractivity contribution in [3.05, 3.63) is 48.5 Å². The molecule has 0 aliphatic carbocycles. The van der Waals surface area contributed by atoms with Crippen molar-refractivity contribution in [1.82, 2.24) is 19.7 Å². The van der Waals surface area contributed by atoms with Crippen LogP contribution < -0.4 is 5.73 Å². The van der Waals surface area contributed by atoms with Gasteiger partial charge in [0, 0.05) is 19.6 Å². The highest BCUT2D eigenvalue weighted by Crippen LogP contribution is 2.24. The predicted octanol–water partition coefficient (Wildman–Crippen LogP) is 1.18. The molecule has 0 saturated carbocycles. The van der Waals surface area contributed by atoms with Crippen LogP contribution in [0, 0.1) is 0 Å². The van der Waals surface area contributed by atoms with Gasteiger partial charge in [-0.3, -0.25) is 4.79 Å². The maximum Gasteiger partial charge on any atom is 0.231 e. The third-order valence-electron chi connectivity index (χ3n) is 4.32. The summed E-state index contributed by atoms with van der Waals surface area (Å²) in [4.78, 5) is 18.7. The monoisotopic (exact) mass is 299 g/mol. The Labute approximate surface area is 129 Å². The first-order valence-corrected chi connectivity index (χ1v) is 7.67. The standard InChI is InChI=1S/C16H21N5O/c17-10-15(13-4-2-1-3-5-13)16(22)20-8-6-14(7-9-20)21-12-18-11-19-21/h1-5,11-12,14-15H,6-10,17H2/t15-/m1/s1. The number of amides is 1. The maximum atomic E-state index is 12.7. The Morgan fingerprint density at radius 2 is 2.00 bits per heavy atom. The van der Waals surface area contributed by atoms with Crippen LogP contribution in [0.25, 0.3) is 0 Å². The van der Waals surface area contributed by atoms with E-state index in [9.17, 15) is 4.79 Å². The van der Waals surface area contributed by atoms with Crippen LogP contribution in [-0.2, 0) is 4.79 Å². The third-order valence-corrected chi connectivity index (χ3v) is 4.32. The Balaban J connectivity index is 1.64. The fourth-order valence-electron chi connectivity index (χ4n) is 3.04. The van der Waals surface area contributed by atoms with Crippen molar-refractivity contribution in [2.75, 3.05) is 19.6 Å². The average molecular weight is 299 g/mol. The molecule has 22 heavy (non-hydrogen) atoms. The topological polar surface area (TPSA) is 77.0 Å². The van der Waals surface area contributed by atoms with Crippen LogP contribution in [0.2, 0.25) is 0 Å². The summed E-state index contributed by atoms with van der Waals surface area (Å²) in [5.74, 6) is -0.116. The minimum Gasteiger partial charge on any atom is -0.342 e. The SMILES string of the molecule is NC[C@@H](C(=O)N1CCC(n2cncn2)CC1)c1ccccc1. The molecule has 6 heteroatoms. The molecule has 2 aromatic rings. The first-order valence-electron chi connectivity index (χ1n) is 7.67. The van der Waals surface area contributed by atoms with Crippen molar-refractivity contribution >= 4 is 5.91 Å². The summed E-state index contributed by atoms with van der Waals surface area (Å²) >= 11 is 0. The zero-order valence-electron chi connectivity index (χ0n) is 12.5. The van der Waals surface area contributed by atoms with E-state index in [-0.39, 0.29) is 11.8 Å². The lowest BCUT2D eigenvalue weighted by molar-refractivity contribution is -0.134. The largest absolute Gasteiger partial charge is 0.342 e. The van der Waals surface area contributed by atoms with E-state index in [1.165, 1.54) is 0 Å². The molecular formula is C16H21N5O. The number of aromatic nitrogens is 3. The number of nitrogens with two attached hydrogens (primary N) is 1. The van der Waals surface area contributed by atoms with Crippen LogP contribution in [-0.4, -0.2) is 45.2 Å². The summed E-state index contributed by atoms with van der Waals surface area (Å²) in [6.45, 7) is 1.82. The molecule has 1 amide bonds. The van der Waals surface area contributed by atoms with Crippen molar-refractivity contribution in [1.29, 1.82) is 0 Å². The minimum atomic E-state index is -0.246. The van der Waals surface area contributed by atoms with Gasteiger partial charge < -0.3 is 10.6 Å². The molecule has 1 atom stereocenters. The molecule has 0 bridgehead atoms. The van der Waals surface area contributed by atoms with Gasteiger partial charge in [0.25, 0.3) is 0 Å². The minimum absolute atomic E-state index is 0.130. The first-order chi connectivity index (χ1) is 10.8. The molecule has 1 saturated heterocycles. The Morgan fingerprint density at radius 1 is 1.27 bits per heavy atom. The molecule has 1 aliphatic rings. The van der Waals surface area contributed by atoms with Crippen molar-refractivity contribution < 1.29 is 4.79 Å². The van der Waals surface area contributed by atoms with Crippen LogP contribution in [0.15, 0.2) is 43.0 Å². The summed E-state index contributed by atoms with van der Waals surface area (Å²) < 4.78 is 1.89. The summed E-state index contributed by atoms with van der Waals surface area (Å²) in [5, 5.41) is 4.19. The molecular weight excluding hydrogens is 278 g/mol. The van der Waals surface area contributed by atoms with Gasteiger partial charge in [0.05, 0.1) is 12.0 Å². The van der Waals surface area contributed by atoms with Gasteiger partial charge in [0.2, 0.25) is 5.91 Å². The summed E-state index contributed by atoms with van der Waals surface area (Å²) in [6.07, 6.45) is 5.11. The Kier molecular flexibility index (Phi) is 4.48. The Morgan fingerprint density at radius 3 is 2.59 bits per heavy atom. The molecule has 3 rings (SSSR count). The lowest BCUT2D eigenvalue weighted by atomic mass is 9.96. The summed E-state index contributed by atoms with van der Waals surface area (Å²) in [6, 6.07) is 10.1. The van der Waals surface area contributed by atoms with E-state index in [0.717, 1.165) is 31.5 Å². The second kappa shape index (κ2) is 6.70. The van der Waals surface area contributed by atoms with Crippen molar-refractivity contribution in [2.45, 2.75) is 24.8 Å². The molecule has 2 N–H and O–H groups in total. The predicted molar refractivity (Wildman–Crippen MR) is 83.1 cm³/mol. The lowest BCUT2D eigenvalue weighted by Crippen LogP contribution is -2.43.